The van der Waals surface area contributed by atoms with E-state index in [0.29, 0.717) is 11.3 Å². The number of Topliss-reactive ketones (excluding diaryl/α,β-unsaturated/α-hetero) is 1. The minimum Gasteiger partial charge on any atom is -0.293 e. The van der Waals surface area contributed by atoms with Crippen LogP contribution in [0, 0.1) is 6.92 Å². The van der Waals surface area contributed by atoms with Crippen LogP contribution < -0.4 is 0 Å². The molecular weight excluding hydrogens is 256 g/mol. The quantitative estimate of drug-likeness (QED) is 0.683. The molecule has 2 heterocycles. The average Bonchev–Trinajstić information content (AvgIpc) is 2.85. The van der Waals surface area contributed by atoms with E-state index in [9.17, 15) is 4.79 Å². The van der Waals surface area contributed by atoms with Gasteiger partial charge in [0, 0.05) is 17.3 Å². The zero-order valence-electron chi connectivity index (χ0n) is 10.5. The second kappa shape index (κ2) is 4.90. The van der Waals surface area contributed by atoms with Gasteiger partial charge in [0.2, 0.25) is 0 Å². The maximum absolute atomic E-state index is 12.1. The number of rotatable bonds is 3. The molecule has 0 unspecified atom stereocenters. The van der Waals surface area contributed by atoms with Gasteiger partial charge in [-0.3, -0.25) is 9.78 Å². The topological polar surface area (TPSA) is 42.9 Å². The Balaban J connectivity index is 1.87. The average molecular weight is 268 g/mol. The van der Waals surface area contributed by atoms with Gasteiger partial charge >= 0.3 is 0 Å². The molecule has 0 atom stereocenters. The summed E-state index contributed by atoms with van der Waals surface area (Å²) in [4.78, 5) is 21.4. The second-order valence-electron chi connectivity index (χ2n) is 4.34. The zero-order valence-corrected chi connectivity index (χ0v) is 11.3. The van der Waals surface area contributed by atoms with Gasteiger partial charge in [0.15, 0.2) is 5.78 Å². The van der Waals surface area contributed by atoms with Crippen molar-refractivity contribution < 1.29 is 4.79 Å². The number of nitrogens with zero attached hydrogens (tertiary/aromatic N) is 2. The molecule has 4 heteroatoms. The fourth-order valence-corrected chi connectivity index (χ4v) is 2.66. The standard InChI is InChI=1S/C15H12N2OS/c1-10-16-9-15(19-10)14(18)8-12-7-6-11-4-2-3-5-13(11)17-12/h2-7,9H,8H2,1H3. The fourth-order valence-electron chi connectivity index (χ4n) is 1.95. The lowest BCUT2D eigenvalue weighted by atomic mass is 10.1. The molecular formula is C15H12N2OS. The summed E-state index contributed by atoms with van der Waals surface area (Å²) < 4.78 is 0. The minimum absolute atomic E-state index is 0.0772. The van der Waals surface area contributed by atoms with E-state index in [0.717, 1.165) is 21.6 Å². The summed E-state index contributed by atoms with van der Waals surface area (Å²) in [5, 5.41) is 2.00. The Morgan fingerprint density at radius 1 is 1.21 bits per heavy atom. The van der Waals surface area contributed by atoms with Gasteiger partial charge in [0.1, 0.15) is 0 Å². The van der Waals surface area contributed by atoms with Crippen LogP contribution in [0.15, 0.2) is 42.6 Å². The van der Waals surface area contributed by atoms with Crippen molar-refractivity contribution in [3.8, 4) is 0 Å². The van der Waals surface area contributed by atoms with Gasteiger partial charge in [-0.1, -0.05) is 24.3 Å². The molecule has 0 N–H and O–H groups in total. The van der Waals surface area contributed by atoms with E-state index in [1.807, 2.05) is 43.3 Å². The van der Waals surface area contributed by atoms with Crippen LogP contribution in [0.1, 0.15) is 20.4 Å². The third-order valence-electron chi connectivity index (χ3n) is 2.89. The van der Waals surface area contributed by atoms with E-state index in [-0.39, 0.29) is 5.78 Å². The molecule has 0 fully saturated rings. The molecule has 3 rings (SSSR count). The number of carbonyl (C=O) groups excluding carboxylic acids is 1. The van der Waals surface area contributed by atoms with Gasteiger partial charge in [-0.05, 0) is 19.1 Å². The number of pyridine rings is 1. The number of aryl methyl sites for hydroxylation is 1. The molecule has 0 aliphatic heterocycles. The predicted molar refractivity (Wildman–Crippen MR) is 76.6 cm³/mol. The normalized spacial score (nSPS) is 10.8. The Bertz CT molecular complexity index is 748. The van der Waals surface area contributed by atoms with E-state index in [4.69, 9.17) is 0 Å². The van der Waals surface area contributed by atoms with Crippen LogP contribution in [0.5, 0.6) is 0 Å². The predicted octanol–water partition coefficient (Wildman–Crippen LogP) is 3.43. The van der Waals surface area contributed by atoms with Gasteiger partial charge in [-0.2, -0.15) is 0 Å². The first-order chi connectivity index (χ1) is 9.22. The van der Waals surface area contributed by atoms with E-state index in [1.165, 1.54) is 11.3 Å². The maximum Gasteiger partial charge on any atom is 0.180 e. The molecule has 0 saturated carbocycles. The number of hydrogen-bond acceptors (Lipinski definition) is 4. The number of hydrogen-bond donors (Lipinski definition) is 0. The Labute approximate surface area is 115 Å². The van der Waals surface area contributed by atoms with Crippen molar-refractivity contribution >= 4 is 28.0 Å². The third-order valence-corrected chi connectivity index (χ3v) is 3.85. The highest BCUT2D eigenvalue weighted by molar-refractivity contribution is 7.13. The molecule has 2 aromatic heterocycles. The summed E-state index contributed by atoms with van der Waals surface area (Å²) >= 11 is 1.43. The van der Waals surface area contributed by atoms with Crippen LogP contribution in [-0.2, 0) is 6.42 Å². The van der Waals surface area contributed by atoms with Crippen molar-refractivity contribution in [2.75, 3.05) is 0 Å². The summed E-state index contributed by atoms with van der Waals surface area (Å²) in [5.41, 5.74) is 1.73. The number of ketones is 1. The number of carbonyl (C=O) groups is 1. The van der Waals surface area contributed by atoms with E-state index in [2.05, 4.69) is 9.97 Å². The molecule has 94 valence electrons. The molecule has 0 radical (unpaired) electrons. The number of fused-ring (bicyclic) bond motifs is 1. The molecule has 1 aromatic carbocycles. The fraction of sp³-hybridized carbons (Fsp3) is 0.133. The highest BCUT2D eigenvalue weighted by Gasteiger charge is 2.11. The molecule has 19 heavy (non-hydrogen) atoms. The Hall–Kier alpha value is -2.07. The van der Waals surface area contributed by atoms with Gasteiger partial charge in [-0.15, -0.1) is 11.3 Å². The number of para-hydroxylation sites is 1. The van der Waals surface area contributed by atoms with Crippen LogP contribution in [0.3, 0.4) is 0 Å². The minimum atomic E-state index is 0.0772. The molecule has 0 amide bonds. The van der Waals surface area contributed by atoms with Crippen molar-refractivity contribution in [1.82, 2.24) is 9.97 Å². The highest BCUT2D eigenvalue weighted by Crippen LogP contribution is 2.16. The van der Waals surface area contributed by atoms with Gasteiger partial charge in [0.25, 0.3) is 0 Å². The molecule has 0 aliphatic rings. The summed E-state index contributed by atoms with van der Waals surface area (Å²) in [6, 6.07) is 11.8. The summed E-state index contributed by atoms with van der Waals surface area (Å²) in [6.45, 7) is 1.90. The first-order valence-electron chi connectivity index (χ1n) is 6.03. The molecule has 0 aliphatic carbocycles. The van der Waals surface area contributed by atoms with Crippen molar-refractivity contribution in [3.63, 3.8) is 0 Å². The SMILES string of the molecule is Cc1ncc(C(=O)Cc2ccc3ccccc3n2)s1. The lowest BCUT2D eigenvalue weighted by molar-refractivity contribution is 0.0995. The second-order valence-corrected chi connectivity index (χ2v) is 5.57. The summed E-state index contributed by atoms with van der Waals surface area (Å²) in [5.74, 6) is 0.0772. The monoisotopic (exact) mass is 268 g/mol. The lowest BCUT2D eigenvalue weighted by Gasteiger charge is -2.01. The molecule has 3 nitrogen and oxygen atoms in total. The number of aromatic nitrogens is 2. The van der Waals surface area contributed by atoms with Crippen LogP contribution in [-0.4, -0.2) is 15.8 Å². The highest BCUT2D eigenvalue weighted by atomic mass is 32.1. The van der Waals surface area contributed by atoms with Crippen LogP contribution in [0.2, 0.25) is 0 Å². The van der Waals surface area contributed by atoms with Gasteiger partial charge in [-0.25, -0.2) is 4.98 Å². The van der Waals surface area contributed by atoms with Gasteiger partial charge in [0.05, 0.1) is 21.8 Å². The molecule has 0 saturated heterocycles. The third kappa shape index (κ3) is 2.53. The van der Waals surface area contributed by atoms with Crippen molar-refractivity contribution in [2.45, 2.75) is 13.3 Å². The van der Waals surface area contributed by atoms with Crippen molar-refractivity contribution in [2.24, 2.45) is 0 Å². The smallest absolute Gasteiger partial charge is 0.180 e. The largest absolute Gasteiger partial charge is 0.293 e. The number of thiazole rings is 1. The summed E-state index contributed by atoms with van der Waals surface area (Å²) in [6.07, 6.45) is 1.97. The Morgan fingerprint density at radius 2 is 2.05 bits per heavy atom. The lowest BCUT2D eigenvalue weighted by Crippen LogP contribution is -2.03. The van der Waals surface area contributed by atoms with E-state index in [1.54, 1.807) is 6.20 Å². The first-order valence-corrected chi connectivity index (χ1v) is 6.84. The van der Waals surface area contributed by atoms with Crippen molar-refractivity contribution in [1.29, 1.82) is 0 Å². The zero-order chi connectivity index (χ0) is 13.2. The molecule has 3 aromatic rings. The summed E-state index contributed by atoms with van der Waals surface area (Å²) in [7, 11) is 0. The Morgan fingerprint density at radius 3 is 2.84 bits per heavy atom. The van der Waals surface area contributed by atoms with E-state index >= 15 is 0 Å². The maximum atomic E-state index is 12.1. The molecule has 0 spiro atoms. The van der Waals surface area contributed by atoms with Crippen LogP contribution >= 0.6 is 11.3 Å². The molecule has 0 bridgehead atoms. The van der Waals surface area contributed by atoms with Gasteiger partial charge < -0.3 is 0 Å². The number of benzene rings is 1. The van der Waals surface area contributed by atoms with Crippen LogP contribution in [0.4, 0.5) is 0 Å². The van der Waals surface area contributed by atoms with Crippen molar-refractivity contribution in [3.05, 3.63) is 58.2 Å². The van der Waals surface area contributed by atoms with Crippen LogP contribution in [0.25, 0.3) is 10.9 Å². The van der Waals surface area contributed by atoms with E-state index < -0.39 is 0 Å². The Kier molecular flexibility index (Phi) is 3.09. The first kappa shape index (κ1) is 12.0.